The van der Waals surface area contributed by atoms with Gasteiger partial charge in [-0.2, -0.15) is 0 Å². The van der Waals surface area contributed by atoms with Crippen LogP contribution in [-0.2, 0) is 16.0 Å². The van der Waals surface area contributed by atoms with E-state index in [9.17, 15) is 18.8 Å². The molecule has 1 amide bonds. The zero-order valence-corrected chi connectivity index (χ0v) is 13.1. The molecule has 1 saturated heterocycles. The second-order valence-electron chi connectivity index (χ2n) is 5.40. The Balaban J connectivity index is 1.74. The van der Waals surface area contributed by atoms with Gasteiger partial charge in [0.15, 0.2) is 5.01 Å². The van der Waals surface area contributed by atoms with Crippen LogP contribution < -0.4 is 0 Å². The van der Waals surface area contributed by atoms with Gasteiger partial charge in [-0.05, 0) is 17.7 Å². The number of carbonyl (C=O) groups is 3. The molecule has 2 heterocycles. The average Bonchev–Trinajstić information content (AvgIpc) is 3.10. The lowest BCUT2D eigenvalue weighted by molar-refractivity contribution is -0.139. The van der Waals surface area contributed by atoms with Gasteiger partial charge in [0.1, 0.15) is 11.7 Å². The smallest absolute Gasteiger partial charge is 0.290 e. The lowest BCUT2D eigenvalue weighted by Gasteiger charge is -2.05. The SMILES string of the molecule is CN1CC(C(=O)c2ncc(Cc3ccc(F)cc3)s2)C(=O)C1=O. The van der Waals surface area contributed by atoms with Gasteiger partial charge in [-0.15, -0.1) is 11.3 Å². The van der Waals surface area contributed by atoms with Gasteiger partial charge in [-0.1, -0.05) is 12.1 Å². The van der Waals surface area contributed by atoms with Crippen molar-refractivity contribution in [3.8, 4) is 0 Å². The maximum absolute atomic E-state index is 12.9. The van der Waals surface area contributed by atoms with Gasteiger partial charge < -0.3 is 4.90 Å². The summed E-state index contributed by atoms with van der Waals surface area (Å²) in [5.41, 5.74) is 0.904. The molecule has 1 unspecified atom stereocenters. The van der Waals surface area contributed by atoms with E-state index < -0.39 is 23.4 Å². The molecule has 7 heteroatoms. The van der Waals surface area contributed by atoms with Crippen LogP contribution in [0.2, 0.25) is 0 Å². The van der Waals surface area contributed by atoms with Gasteiger partial charge >= 0.3 is 0 Å². The number of thiazole rings is 1. The number of hydrogen-bond donors (Lipinski definition) is 0. The summed E-state index contributed by atoms with van der Waals surface area (Å²) in [6.45, 7) is 0.101. The van der Waals surface area contributed by atoms with E-state index in [0.29, 0.717) is 6.42 Å². The first kappa shape index (κ1) is 15.5. The van der Waals surface area contributed by atoms with E-state index in [1.54, 1.807) is 18.3 Å². The van der Waals surface area contributed by atoms with E-state index >= 15 is 0 Å². The van der Waals surface area contributed by atoms with Crippen LogP contribution in [0.3, 0.4) is 0 Å². The number of carbonyl (C=O) groups excluding carboxylic acids is 3. The summed E-state index contributed by atoms with van der Waals surface area (Å²) in [6.07, 6.45) is 2.11. The summed E-state index contributed by atoms with van der Waals surface area (Å²) in [6, 6.07) is 6.09. The molecular formula is C16H13FN2O3S. The maximum atomic E-state index is 12.9. The molecule has 0 bridgehead atoms. The predicted octanol–water partition coefficient (Wildman–Crippen LogP) is 1.71. The van der Waals surface area contributed by atoms with E-state index in [0.717, 1.165) is 10.4 Å². The molecule has 23 heavy (non-hydrogen) atoms. The second-order valence-corrected chi connectivity index (χ2v) is 6.52. The monoisotopic (exact) mass is 332 g/mol. The lowest BCUT2D eigenvalue weighted by Crippen LogP contribution is -2.24. The van der Waals surface area contributed by atoms with Crippen molar-refractivity contribution in [1.82, 2.24) is 9.88 Å². The highest BCUT2D eigenvalue weighted by molar-refractivity contribution is 7.13. The van der Waals surface area contributed by atoms with Gasteiger partial charge in [-0.25, -0.2) is 9.37 Å². The number of halogens is 1. The number of ketones is 2. The zero-order chi connectivity index (χ0) is 16.6. The quantitative estimate of drug-likeness (QED) is 0.486. The molecule has 0 spiro atoms. The van der Waals surface area contributed by atoms with Crippen molar-refractivity contribution in [3.63, 3.8) is 0 Å². The Morgan fingerprint density at radius 1 is 1.35 bits per heavy atom. The largest absolute Gasteiger partial charge is 0.338 e. The third-order valence-corrected chi connectivity index (χ3v) is 4.71. The maximum Gasteiger partial charge on any atom is 0.290 e. The summed E-state index contributed by atoms with van der Waals surface area (Å²) >= 11 is 1.19. The van der Waals surface area contributed by atoms with Crippen LogP contribution >= 0.6 is 11.3 Å². The topological polar surface area (TPSA) is 67.3 Å². The third kappa shape index (κ3) is 3.05. The van der Waals surface area contributed by atoms with E-state index in [2.05, 4.69) is 4.98 Å². The number of rotatable bonds is 4. The molecule has 1 fully saturated rings. The second kappa shape index (κ2) is 6.00. The molecule has 0 radical (unpaired) electrons. The van der Waals surface area contributed by atoms with Crippen molar-refractivity contribution >= 4 is 28.8 Å². The highest BCUT2D eigenvalue weighted by Crippen LogP contribution is 2.23. The molecule has 1 aromatic carbocycles. The van der Waals surface area contributed by atoms with Crippen molar-refractivity contribution in [2.24, 2.45) is 5.92 Å². The van der Waals surface area contributed by atoms with Crippen molar-refractivity contribution < 1.29 is 18.8 Å². The van der Waals surface area contributed by atoms with Gasteiger partial charge in [0.2, 0.25) is 11.6 Å². The fraction of sp³-hybridized carbons (Fsp3) is 0.250. The predicted molar refractivity (Wildman–Crippen MR) is 81.8 cm³/mol. The van der Waals surface area contributed by atoms with Crippen LogP contribution in [0.4, 0.5) is 4.39 Å². The van der Waals surface area contributed by atoms with Crippen LogP contribution in [0.5, 0.6) is 0 Å². The van der Waals surface area contributed by atoms with Crippen LogP contribution in [0.15, 0.2) is 30.5 Å². The molecule has 118 valence electrons. The first-order valence-electron chi connectivity index (χ1n) is 6.98. The summed E-state index contributed by atoms with van der Waals surface area (Å²) in [7, 11) is 1.50. The number of hydrogen-bond acceptors (Lipinski definition) is 5. The Labute approximate surface area is 135 Å². The van der Waals surface area contributed by atoms with Gasteiger partial charge in [-0.3, -0.25) is 14.4 Å². The molecule has 1 aliphatic heterocycles. The fourth-order valence-electron chi connectivity index (χ4n) is 2.43. The highest BCUT2D eigenvalue weighted by Gasteiger charge is 2.42. The summed E-state index contributed by atoms with van der Waals surface area (Å²) in [4.78, 5) is 41.8. The number of aromatic nitrogens is 1. The van der Waals surface area contributed by atoms with E-state index in [1.165, 1.54) is 35.4 Å². The molecule has 5 nitrogen and oxygen atoms in total. The Morgan fingerprint density at radius 2 is 2.04 bits per heavy atom. The molecule has 1 aliphatic rings. The number of likely N-dealkylation sites (tertiary alicyclic amines) is 1. The number of nitrogens with zero attached hydrogens (tertiary/aromatic N) is 2. The molecule has 2 aromatic rings. The number of Topliss-reactive ketones (excluding diaryl/α,β-unsaturated/α-hetero) is 2. The summed E-state index contributed by atoms with van der Waals surface area (Å²) in [5, 5.41) is 0.226. The van der Waals surface area contributed by atoms with E-state index in [-0.39, 0.29) is 17.4 Å². The zero-order valence-electron chi connectivity index (χ0n) is 12.3. The molecule has 0 aliphatic carbocycles. The van der Waals surface area contributed by atoms with Crippen molar-refractivity contribution in [3.05, 3.63) is 51.7 Å². The average molecular weight is 332 g/mol. The lowest BCUT2D eigenvalue weighted by atomic mass is 10.0. The van der Waals surface area contributed by atoms with Crippen LogP contribution in [0, 0.1) is 11.7 Å². The Morgan fingerprint density at radius 3 is 2.65 bits per heavy atom. The first-order valence-corrected chi connectivity index (χ1v) is 7.80. The van der Waals surface area contributed by atoms with E-state index in [4.69, 9.17) is 0 Å². The van der Waals surface area contributed by atoms with Crippen molar-refractivity contribution in [1.29, 1.82) is 0 Å². The van der Waals surface area contributed by atoms with Crippen molar-refractivity contribution in [2.45, 2.75) is 6.42 Å². The number of amides is 1. The molecular weight excluding hydrogens is 319 g/mol. The minimum absolute atomic E-state index is 0.101. The Hall–Kier alpha value is -2.41. The van der Waals surface area contributed by atoms with Crippen LogP contribution in [-0.4, -0.2) is 40.9 Å². The molecule has 0 N–H and O–H groups in total. The van der Waals surface area contributed by atoms with Crippen LogP contribution in [0.1, 0.15) is 20.2 Å². The molecule has 3 rings (SSSR count). The highest BCUT2D eigenvalue weighted by atomic mass is 32.1. The third-order valence-electron chi connectivity index (χ3n) is 3.70. The van der Waals surface area contributed by atoms with Gasteiger partial charge in [0.05, 0.1) is 0 Å². The minimum atomic E-state index is -0.961. The summed E-state index contributed by atoms with van der Waals surface area (Å²) < 4.78 is 12.9. The summed E-state index contributed by atoms with van der Waals surface area (Å²) in [5.74, 6) is -2.98. The number of likely N-dealkylation sites (N-methyl/N-ethyl adjacent to an activating group) is 1. The Bertz CT molecular complexity index is 785. The molecule has 1 aromatic heterocycles. The first-order chi connectivity index (χ1) is 11.0. The minimum Gasteiger partial charge on any atom is -0.338 e. The number of benzene rings is 1. The molecule has 1 atom stereocenters. The molecule has 0 saturated carbocycles. The van der Waals surface area contributed by atoms with Gasteiger partial charge in [0, 0.05) is 31.1 Å². The van der Waals surface area contributed by atoms with Crippen molar-refractivity contribution in [2.75, 3.05) is 13.6 Å². The normalized spacial score (nSPS) is 17.8. The fourth-order valence-corrected chi connectivity index (χ4v) is 3.38. The van der Waals surface area contributed by atoms with E-state index in [1.807, 2.05) is 0 Å². The van der Waals surface area contributed by atoms with Gasteiger partial charge in [0.25, 0.3) is 5.91 Å². The van der Waals surface area contributed by atoms with Crippen LogP contribution in [0.25, 0.3) is 0 Å². The standard InChI is InChI=1S/C16H13FN2O3S/c1-19-8-12(14(21)16(19)22)13(20)15-18-7-11(23-15)6-9-2-4-10(17)5-3-9/h2-5,7,12H,6,8H2,1H3. The Kier molecular flexibility index (Phi) is 4.04.